The van der Waals surface area contributed by atoms with Gasteiger partial charge >= 0.3 is 0 Å². The summed E-state index contributed by atoms with van der Waals surface area (Å²) in [6.45, 7) is 0.899. The van der Waals surface area contributed by atoms with Gasteiger partial charge in [0.05, 0.1) is 6.54 Å². The average Bonchev–Trinajstić information content (AvgIpc) is 2.81. The summed E-state index contributed by atoms with van der Waals surface area (Å²) in [5.74, 6) is 1.97. The van der Waals surface area contributed by atoms with E-state index in [0.717, 1.165) is 6.54 Å². The number of aliphatic imine (C=N–C) groups is 1. The summed E-state index contributed by atoms with van der Waals surface area (Å²) in [5.41, 5.74) is 5.91. The van der Waals surface area contributed by atoms with Crippen molar-refractivity contribution >= 4 is 17.7 Å². The molecule has 0 aromatic rings. The van der Waals surface area contributed by atoms with Gasteiger partial charge in [0.25, 0.3) is 0 Å². The molecule has 1 heterocycles. The van der Waals surface area contributed by atoms with Crippen molar-refractivity contribution in [3.8, 4) is 0 Å². The Labute approximate surface area is 103 Å². The van der Waals surface area contributed by atoms with Crippen LogP contribution in [-0.4, -0.2) is 29.5 Å². The minimum atomic E-state index is 0.578. The van der Waals surface area contributed by atoms with Crippen molar-refractivity contribution in [1.82, 2.24) is 5.32 Å². The molecule has 16 heavy (non-hydrogen) atoms. The van der Waals surface area contributed by atoms with E-state index < -0.39 is 0 Å². The van der Waals surface area contributed by atoms with Crippen LogP contribution in [0.4, 0.5) is 0 Å². The second-order valence-corrected chi connectivity index (χ2v) is 6.25. The van der Waals surface area contributed by atoms with Crippen molar-refractivity contribution in [3.05, 3.63) is 0 Å². The monoisotopic (exact) mass is 241 g/mol. The smallest absolute Gasteiger partial charge is 0.188 e. The Morgan fingerprint density at radius 1 is 1.19 bits per heavy atom. The SMILES string of the molecule is NC(=NCC1CCCS1)NC1CCCCC1. The lowest BCUT2D eigenvalue weighted by Gasteiger charge is -2.23. The molecule has 4 heteroatoms. The highest BCUT2D eigenvalue weighted by Gasteiger charge is 2.16. The zero-order valence-corrected chi connectivity index (χ0v) is 10.8. The van der Waals surface area contributed by atoms with Crippen LogP contribution in [0.25, 0.3) is 0 Å². The summed E-state index contributed by atoms with van der Waals surface area (Å²) in [6, 6.07) is 0.578. The number of rotatable bonds is 3. The first-order chi connectivity index (χ1) is 7.84. The molecular weight excluding hydrogens is 218 g/mol. The largest absolute Gasteiger partial charge is 0.370 e. The molecule has 0 bridgehead atoms. The average molecular weight is 241 g/mol. The van der Waals surface area contributed by atoms with Gasteiger partial charge in [0, 0.05) is 11.3 Å². The minimum absolute atomic E-state index is 0.578. The van der Waals surface area contributed by atoms with Crippen LogP contribution in [0.1, 0.15) is 44.9 Å². The topological polar surface area (TPSA) is 50.4 Å². The van der Waals surface area contributed by atoms with Crippen LogP contribution < -0.4 is 11.1 Å². The van der Waals surface area contributed by atoms with Crippen molar-refractivity contribution < 1.29 is 0 Å². The van der Waals surface area contributed by atoms with E-state index in [1.54, 1.807) is 0 Å². The Morgan fingerprint density at radius 3 is 2.69 bits per heavy atom. The van der Waals surface area contributed by atoms with Crippen molar-refractivity contribution in [1.29, 1.82) is 0 Å². The Morgan fingerprint density at radius 2 is 2.00 bits per heavy atom. The van der Waals surface area contributed by atoms with E-state index in [2.05, 4.69) is 10.3 Å². The van der Waals surface area contributed by atoms with Gasteiger partial charge in [-0.2, -0.15) is 11.8 Å². The fourth-order valence-electron chi connectivity index (χ4n) is 2.49. The third kappa shape index (κ3) is 3.89. The van der Waals surface area contributed by atoms with Crippen LogP contribution >= 0.6 is 11.8 Å². The summed E-state index contributed by atoms with van der Waals surface area (Å²) < 4.78 is 0. The molecule has 1 aliphatic carbocycles. The maximum atomic E-state index is 5.91. The number of hydrogen-bond donors (Lipinski definition) is 2. The van der Waals surface area contributed by atoms with Crippen molar-refractivity contribution in [3.63, 3.8) is 0 Å². The van der Waals surface area contributed by atoms with Gasteiger partial charge in [-0.3, -0.25) is 4.99 Å². The zero-order valence-electron chi connectivity index (χ0n) is 9.95. The van der Waals surface area contributed by atoms with E-state index in [9.17, 15) is 0 Å². The minimum Gasteiger partial charge on any atom is -0.370 e. The van der Waals surface area contributed by atoms with Crippen molar-refractivity contribution in [2.45, 2.75) is 56.2 Å². The van der Waals surface area contributed by atoms with E-state index in [-0.39, 0.29) is 0 Å². The lowest BCUT2D eigenvalue weighted by atomic mass is 9.96. The van der Waals surface area contributed by atoms with Gasteiger partial charge < -0.3 is 11.1 Å². The van der Waals surface area contributed by atoms with Crippen LogP contribution in [0.15, 0.2) is 4.99 Å². The number of nitrogens with two attached hydrogens (primary N) is 1. The molecular formula is C12H23N3S. The van der Waals surface area contributed by atoms with Gasteiger partial charge in [0.1, 0.15) is 0 Å². The van der Waals surface area contributed by atoms with E-state index in [4.69, 9.17) is 5.73 Å². The number of guanidine groups is 1. The molecule has 1 saturated heterocycles. The van der Waals surface area contributed by atoms with Gasteiger partial charge in [-0.05, 0) is 31.4 Å². The van der Waals surface area contributed by atoms with E-state index in [1.807, 2.05) is 11.8 Å². The third-order valence-corrected chi connectivity index (χ3v) is 4.83. The van der Waals surface area contributed by atoms with Crippen LogP contribution in [0.2, 0.25) is 0 Å². The summed E-state index contributed by atoms with van der Waals surface area (Å²) in [6.07, 6.45) is 9.23. The molecule has 1 unspecified atom stereocenters. The highest BCUT2D eigenvalue weighted by molar-refractivity contribution is 8.00. The molecule has 0 spiro atoms. The summed E-state index contributed by atoms with van der Waals surface area (Å²) in [4.78, 5) is 4.46. The van der Waals surface area contributed by atoms with Gasteiger partial charge in [-0.15, -0.1) is 0 Å². The van der Waals surface area contributed by atoms with Crippen molar-refractivity contribution in [2.75, 3.05) is 12.3 Å². The number of nitrogens with one attached hydrogen (secondary N) is 1. The van der Waals surface area contributed by atoms with E-state index in [1.165, 1.54) is 50.7 Å². The van der Waals surface area contributed by atoms with E-state index in [0.29, 0.717) is 17.3 Å². The molecule has 0 aromatic carbocycles. The molecule has 0 amide bonds. The number of nitrogens with zero attached hydrogens (tertiary/aromatic N) is 1. The Balaban J connectivity index is 1.68. The van der Waals surface area contributed by atoms with Gasteiger partial charge in [-0.25, -0.2) is 0 Å². The second-order valence-electron chi connectivity index (χ2n) is 4.84. The fourth-order valence-corrected chi connectivity index (χ4v) is 3.67. The highest BCUT2D eigenvalue weighted by Crippen LogP contribution is 2.26. The predicted octanol–water partition coefficient (Wildman–Crippen LogP) is 2.12. The molecule has 2 aliphatic rings. The first-order valence-electron chi connectivity index (χ1n) is 6.52. The zero-order chi connectivity index (χ0) is 11.2. The molecule has 0 radical (unpaired) electrons. The first kappa shape index (κ1) is 12.1. The van der Waals surface area contributed by atoms with Crippen LogP contribution in [0.5, 0.6) is 0 Å². The fraction of sp³-hybridized carbons (Fsp3) is 0.917. The normalized spacial score (nSPS) is 28.2. The highest BCUT2D eigenvalue weighted by atomic mass is 32.2. The standard InChI is InChI=1S/C12H23N3S/c13-12(14-9-11-7-4-8-16-11)15-10-5-2-1-3-6-10/h10-11H,1-9H2,(H3,13,14,15). The van der Waals surface area contributed by atoms with Gasteiger partial charge in [0.15, 0.2) is 5.96 Å². The lowest BCUT2D eigenvalue weighted by Crippen LogP contribution is -2.41. The summed E-state index contributed by atoms with van der Waals surface area (Å²) in [5, 5.41) is 4.08. The molecule has 92 valence electrons. The van der Waals surface area contributed by atoms with Crippen LogP contribution in [0.3, 0.4) is 0 Å². The lowest BCUT2D eigenvalue weighted by molar-refractivity contribution is 0.412. The summed E-state index contributed by atoms with van der Waals surface area (Å²) >= 11 is 2.04. The van der Waals surface area contributed by atoms with Gasteiger partial charge in [-0.1, -0.05) is 19.3 Å². The Hall–Kier alpha value is -0.380. The second kappa shape index (κ2) is 6.38. The molecule has 1 atom stereocenters. The van der Waals surface area contributed by atoms with Crippen LogP contribution in [-0.2, 0) is 0 Å². The predicted molar refractivity (Wildman–Crippen MR) is 72.0 cm³/mol. The molecule has 2 rings (SSSR count). The maximum absolute atomic E-state index is 5.91. The molecule has 3 N–H and O–H groups in total. The van der Waals surface area contributed by atoms with Crippen molar-refractivity contribution in [2.24, 2.45) is 10.7 Å². The first-order valence-corrected chi connectivity index (χ1v) is 7.57. The summed E-state index contributed by atoms with van der Waals surface area (Å²) in [7, 11) is 0. The number of thioether (sulfide) groups is 1. The molecule has 0 aromatic heterocycles. The van der Waals surface area contributed by atoms with Crippen LogP contribution in [0, 0.1) is 0 Å². The maximum Gasteiger partial charge on any atom is 0.188 e. The van der Waals surface area contributed by atoms with Gasteiger partial charge in [0.2, 0.25) is 0 Å². The Bertz CT molecular complexity index is 230. The molecule has 1 aliphatic heterocycles. The molecule has 3 nitrogen and oxygen atoms in total. The number of hydrogen-bond acceptors (Lipinski definition) is 2. The Kier molecular flexibility index (Phi) is 4.82. The molecule has 1 saturated carbocycles. The molecule has 2 fully saturated rings. The quantitative estimate of drug-likeness (QED) is 0.588. The third-order valence-electron chi connectivity index (χ3n) is 3.45. The van der Waals surface area contributed by atoms with E-state index >= 15 is 0 Å².